The molecule has 2 aromatic rings. The summed E-state index contributed by atoms with van der Waals surface area (Å²) in [5.74, 6) is -1.46. The fraction of sp³-hybridized carbons (Fsp3) is 0.250. The number of hydrogen-bond acceptors (Lipinski definition) is 4. The molecule has 0 fully saturated rings. The molecule has 0 bridgehead atoms. The lowest BCUT2D eigenvalue weighted by molar-refractivity contribution is -0.142. The summed E-state index contributed by atoms with van der Waals surface area (Å²) in [6.07, 6.45) is 3.49. The number of likely N-dealkylation sites (N-methyl/N-ethyl adjacent to an activating group) is 1. The van der Waals surface area contributed by atoms with Crippen molar-refractivity contribution in [1.82, 2.24) is 14.7 Å². The largest absolute Gasteiger partial charge is 0.333 e. The third-order valence-electron chi connectivity index (χ3n) is 3.27. The van der Waals surface area contributed by atoms with Crippen molar-refractivity contribution in [1.29, 1.82) is 5.26 Å². The number of rotatable bonds is 4. The van der Waals surface area contributed by atoms with Gasteiger partial charge in [0.25, 0.3) is 0 Å². The van der Waals surface area contributed by atoms with Gasteiger partial charge in [0.05, 0.1) is 17.4 Å². The Morgan fingerprint density at radius 3 is 2.78 bits per heavy atom. The molecule has 7 nitrogen and oxygen atoms in total. The summed E-state index contributed by atoms with van der Waals surface area (Å²) < 4.78 is 1.75. The van der Waals surface area contributed by atoms with E-state index in [4.69, 9.17) is 5.26 Å². The minimum Gasteiger partial charge on any atom is -0.333 e. The molecule has 0 atom stereocenters. The van der Waals surface area contributed by atoms with Crippen molar-refractivity contribution in [3.05, 3.63) is 47.8 Å². The lowest BCUT2D eigenvalue weighted by Crippen LogP contribution is -2.36. The van der Waals surface area contributed by atoms with Gasteiger partial charge in [0, 0.05) is 31.9 Å². The lowest BCUT2D eigenvalue weighted by atomic mass is 10.2. The van der Waals surface area contributed by atoms with Crippen molar-refractivity contribution in [2.75, 3.05) is 12.4 Å². The van der Waals surface area contributed by atoms with Gasteiger partial charge in [0.1, 0.15) is 6.07 Å². The number of benzene rings is 1. The van der Waals surface area contributed by atoms with Gasteiger partial charge in [-0.3, -0.25) is 14.3 Å². The second kappa shape index (κ2) is 7.22. The van der Waals surface area contributed by atoms with Crippen LogP contribution in [0.25, 0.3) is 0 Å². The summed E-state index contributed by atoms with van der Waals surface area (Å²) in [4.78, 5) is 25.5. The SMILES string of the molecule is CCn1cc(CN(C)C(=O)C(=O)Nc2ccccc2C#N)cn1. The van der Waals surface area contributed by atoms with E-state index >= 15 is 0 Å². The number of nitrogens with zero attached hydrogens (tertiary/aromatic N) is 4. The number of para-hydroxylation sites is 1. The number of carbonyl (C=O) groups is 2. The molecule has 0 radical (unpaired) electrons. The van der Waals surface area contributed by atoms with Crippen LogP contribution < -0.4 is 5.32 Å². The number of anilines is 1. The van der Waals surface area contributed by atoms with Crippen molar-refractivity contribution < 1.29 is 9.59 Å². The summed E-state index contributed by atoms with van der Waals surface area (Å²) in [7, 11) is 1.54. The zero-order chi connectivity index (χ0) is 16.8. The highest BCUT2D eigenvalue weighted by atomic mass is 16.2. The van der Waals surface area contributed by atoms with E-state index in [0.717, 1.165) is 12.1 Å². The van der Waals surface area contributed by atoms with Crippen molar-refractivity contribution >= 4 is 17.5 Å². The molecule has 1 aromatic heterocycles. The second-order valence-electron chi connectivity index (χ2n) is 4.98. The van der Waals surface area contributed by atoms with Crippen molar-refractivity contribution in [2.24, 2.45) is 0 Å². The smallest absolute Gasteiger partial charge is 0.313 e. The van der Waals surface area contributed by atoms with Crippen LogP contribution in [0.3, 0.4) is 0 Å². The Hall–Kier alpha value is -3.14. The fourth-order valence-corrected chi connectivity index (χ4v) is 2.05. The first-order valence-electron chi connectivity index (χ1n) is 7.12. The van der Waals surface area contributed by atoms with Gasteiger partial charge < -0.3 is 10.2 Å². The van der Waals surface area contributed by atoms with Crippen LogP contribution in [0.2, 0.25) is 0 Å². The van der Waals surface area contributed by atoms with Gasteiger partial charge in [-0.1, -0.05) is 12.1 Å². The first kappa shape index (κ1) is 16.2. The van der Waals surface area contributed by atoms with E-state index in [1.165, 1.54) is 4.90 Å². The van der Waals surface area contributed by atoms with E-state index in [-0.39, 0.29) is 6.54 Å². The maximum atomic E-state index is 12.1. The molecule has 0 spiro atoms. The molecular weight excluding hydrogens is 294 g/mol. The van der Waals surface area contributed by atoms with Crippen LogP contribution >= 0.6 is 0 Å². The Bertz CT molecular complexity index is 760. The Morgan fingerprint density at radius 1 is 1.39 bits per heavy atom. The lowest BCUT2D eigenvalue weighted by Gasteiger charge is -2.16. The van der Waals surface area contributed by atoms with Crippen LogP contribution in [0.5, 0.6) is 0 Å². The molecule has 0 saturated carbocycles. The van der Waals surface area contributed by atoms with Crippen molar-refractivity contribution in [2.45, 2.75) is 20.0 Å². The minimum absolute atomic E-state index is 0.284. The molecule has 0 aliphatic heterocycles. The number of nitriles is 1. The summed E-state index contributed by atoms with van der Waals surface area (Å²) in [6.45, 7) is 2.99. The minimum atomic E-state index is -0.780. The Labute approximate surface area is 134 Å². The molecular formula is C16H17N5O2. The van der Waals surface area contributed by atoms with Gasteiger partial charge in [-0.2, -0.15) is 10.4 Å². The van der Waals surface area contributed by atoms with Gasteiger partial charge in [-0.15, -0.1) is 0 Å². The molecule has 118 valence electrons. The van der Waals surface area contributed by atoms with E-state index in [0.29, 0.717) is 11.3 Å². The second-order valence-corrected chi connectivity index (χ2v) is 4.98. The van der Waals surface area contributed by atoms with Gasteiger partial charge in [0.15, 0.2) is 0 Å². The van der Waals surface area contributed by atoms with Crippen molar-refractivity contribution in [3.63, 3.8) is 0 Å². The van der Waals surface area contributed by atoms with Crippen molar-refractivity contribution in [3.8, 4) is 6.07 Å². The van der Waals surface area contributed by atoms with Gasteiger partial charge in [-0.25, -0.2) is 0 Å². The zero-order valence-electron chi connectivity index (χ0n) is 13.0. The molecule has 0 aliphatic carbocycles. The van der Waals surface area contributed by atoms with Crippen LogP contribution in [0.1, 0.15) is 18.1 Å². The van der Waals surface area contributed by atoms with Crippen LogP contribution in [0.15, 0.2) is 36.7 Å². The van der Waals surface area contributed by atoms with E-state index in [2.05, 4.69) is 10.4 Å². The number of nitrogens with one attached hydrogen (secondary N) is 1. The third kappa shape index (κ3) is 3.95. The van der Waals surface area contributed by atoms with Gasteiger partial charge in [-0.05, 0) is 19.1 Å². The van der Waals surface area contributed by atoms with Crippen LogP contribution in [-0.4, -0.2) is 33.5 Å². The van der Waals surface area contributed by atoms with Gasteiger partial charge in [0.2, 0.25) is 0 Å². The molecule has 2 amide bonds. The standard InChI is InChI=1S/C16H17N5O2/c1-3-21-11-12(9-18-21)10-20(2)16(23)15(22)19-14-7-5-4-6-13(14)8-17/h4-7,9,11H,3,10H2,1-2H3,(H,19,22). The van der Waals surface area contributed by atoms with Crippen LogP contribution in [-0.2, 0) is 22.7 Å². The average molecular weight is 311 g/mol. The molecule has 1 aromatic carbocycles. The number of aromatic nitrogens is 2. The molecule has 0 unspecified atom stereocenters. The van der Waals surface area contributed by atoms with Crippen LogP contribution in [0.4, 0.5) is 5.69 Å². The quantitative estimate of drug-likeness (QED) is 0.863. The summed E-state index contributed by atoms with van der Waals surface area (Å²) >= 11 is 0. The number of aryl methyl sites for hydroxylation is 1. The summed E-state index contributed by atoms with van der Waals surface area (Å²) in [5.41, 5.74) is 1.47. The predicted octanol–water partition coefficient (Wildman–Crippen LogP) is 1.37. The third-order valence-corrected chi connectivity index (χ3v) is 3.27. The molecule has 1 N–H and O–H groups in total. The maximum Gasteiger partial charge on any atom is 0.313 e. The highest BCUT2D eigenvalue weighted by Gasteiger charge is 2.20. The Kier molecular flexibility index (Phi) is 5.10. The zero-order valence-corrected chi connectivity index (χ0v) is 13.0. The highest BCUT2D eigenvalue weighted by Crippen LogP contribution is 2.13. The molecule has 2 rings (SSSR count). The fourth-order valence-electron chi connectivity index (χ4n) is 2.05. The number of carbonyl (C=O) groups excluding carboxylic acids is 2. The molecule has 0 saturated heterocycles. The summed E-state index contributed by atoms with van der Waals surface area (Å²) in [5, 5.41) is 15.6. The molecule has 1 heterocycles. The predicted molar refractivity (Wildman–Crippen MR) is 84.2 cm³/mol. The van der Waals surface area contributed by atoms with E-state index in [1.54, 1.807) is 42.2 Å². The molecule has 7 heteroatoms. The highest BCUT2D eigenvalue weighted by molar-refractivity contribution is 6.39. The monoisotopic (exact) mass is 311 g/mol. The first-order valence-corrected chi connectivity index (χ1v) is 7.12. The molecule has 23 heavy (non-hydrogen) atoms. The Morgan fingerprint density at radius 2 is 2.13 bits per heavy atom. The van der Waals surface area contributed by atoms with Gasteiger partial charge >= 0.3 is 11.8 Å². The topological polar surface area (TPSA) is 91.0 Å². The van der Waals surface area contributed by atoms with E-state index < -0.39 is 11.8 Å². The average Bonchev–Trinajstić information content (AvgIpc) is 3.02. The summed E-state index contributed by atoms with van der Waals surface area (Å²) in [6, 6.07) is 8.49. The Balaban J connectivity index is 2.01. The van der Waals surface area contributed by atoms with E-state index in [1.807, 2.05) is 19.2 Å². The maximum absolute atomic E-state index is 12.1. The molecule has 0 aliphatic rings. The number of amides is 2. The van der Waals surface area contributed by atoms with E-state index in [9.17, 15) is 9.59 Å². The number of hydrogen-bond donors (Lipinski definition) is 1. The normalized spacial score (nSPS) is 9.96. The first-order chi connectivity index (χ1) is 11.0. The van der Waals surface area contributed by atoms with Crippen LogP contribution in [0, 0.1) is 11.3 Å².